The van der Waals surface area contributed by atoms with Crippen LogP contribution in [0.5, 0.6) is 0 Å². The molecule has 1 aliphatic rings. The van der Waals surface area contributed by atoms with Crippen molar-refractivity contribution in [3.63, 3.8) is 0 Å². The number of aryl methyl sites for hydroxylation is 2. The van der Waals surface area contributed by atoms with E-state index in [0.29, 0.717) is 37.9 Å². The average Bonchev–Trinajstić information content (AvgIpc) is 3.21. The number of nitrogens with one attached hydrogen (secondary N) is 2. The Bertz CT molecular complexity index is 814. The number of aromatic nitrogens is 1. The van der Waals surface area contributed by atoms with Gasteiger partial charge < -0.3 is 20.0 Å². The molecule has 2 N–H and O–H groups in total. The number of nitrogens with zero attached hydrogens (tertiary/aromatic N) is 3. The van der Waals surface area contributed by atoms with Gasteiger partial charge in [-0.05, 0) is 31.4 Å². The van der Waals surface area contributed by atoms with Crippen molar-refractivity contribution in [3.05, 3.63) is 52.7 Å². The third-order valence-corrected chi connectivity index (χ3v) is 4.80. The summed E-state index contributed by atoms with van der Waals surface area (Å²) >= 11 is 0. The number of guanidine groups is 1. The molecule has 7 nitrogen and oxygen atoms in total. The van der Waals surface area contributed by atoms with Crippen molar-refractivity contribution in [2.45, 2.75) is 46.3 Å². The fraction of sp³-hybridized carbons (Fsp3) is 0.450. The number of likely N-dealkylation sites (tertiary alicyclic amines) is 1. The van der Waals surface area contributed by atoms with Crippen molar-refractivity contribution in [2.24, 2.45) is 4.99 Å². The lowest BCUT2D eigenvalue weighted by molar-refractivity contribution is -0.128. The molecule has 1 aromatic carbocycles. The van der Waals surface area contributed by atoms with Gasteiger partial charge in [-0.25, -0.2) is 4.98 Å². The summed E-state index contributed by atoms with van der Waals surface area (Å²) < 4.78 is 5.58. The van der Waals surface area contributed by atoms with Crippen LogP contribution < -0.4 is 10.6 Å². The van der Waals surface area contributed by atoms with Gasteiger partial charge in [0.1, 0.15) is 5.76 Å². The van der Waals surface area contributed by atoms with E-state index in [1.54, 1.807) is 7.05 Å². The van der Waals surface area contributed by atoms with Crippen molar-refractivity contribution in [1.82, 2.24) is 20.5 Å². The van der Waals surface area contributed by atoms with Crippen molar-refractivity contribution < 1.29 is 9.21 Å². The zero-order valence-electron chi connectivity index (χ0n) is 16.6. The monoisotopic (exact) mass is 497 g/mol. The zero-order chi connectivity index (χ0) is 19.2. The number of hydrogen-bond acceptors (Lipinski definition) is 4. The molecule has 0 spiro atoms. The number of oxazole rings is 1. The van der Waals surface area contributed by atoms with Crippen LogP contribution >= 0.6 is 24.0 Å². The summed E-state index contributed by atoms with van der Waals surface area (Å²) in [6.07, 6.45) is 1.62. The Labute approximate surface area is 183 Å². The quantitative estimate of drug-likeness (QED) is 0.365. The summed E-state index contributed by atoms with van der Waals surface area (Å²) in [7, 11) is 1.73. The lowest BCUT2D eigenvalue weighted by Crippen LogP contribution is -2.36. The maximum Gasteiger partial charge on any atom is 0.222 e. The summed E-state index contributed by atoms with van der Waals surface area (Å²) in [4.78, 5) is 22.5. The van der Waals surface area contributed by atoms with E-state index in [1.165, 1.54) is 0 Å². The predicted octanol–water partition coefficient (Wildman–Crippen LogP) is 2.90. The molecule has 1 saturated heterocycles. The van der Waals surface area contributed by atoms with E-state index in [-0.39, 0.29) is 29.9 Å². The molecule has 28 heavy (non-hydrogen) atoms. The van der Waals surface area contributed by atoms with E-state index in [4.69, 9.17) is 4.42 Å². The molecule has 1 aliphatic heterocycles. The Morgan fingerprint density at radius 3 is 2.54 bits per heavy atom. The number of benzene rings is 1. The number of halogens is 1. The van der Waals surface area contributed by atoms with Crippen molar-refractivity contribution in [2.75, 3.05) is 13.6 Å². The van der Waals surface area contributed by atoms with E-state index in [9.17, 15) is 4.79 Å². The first-order chi connectivity index (χ1) is 13.1. The van der Waals surface area contributed by atoms with Crippen LogP contribution in [-0.4, -0.2) is 35.3 Å². The van der Waals surface area contributed by atoms with E-state index in [2.05, 4.69) is 32.7 Å². The number of rotatable bonds is 6. The van der Waals surface area contributed by atoms with Crippen LogP contribution in [0.2, 0.25) is 0 Å². The molecular formula is C20H28IN5O2. The number of aliphatic imine (C=N–C) groups is 1. The molecule has 8 heteroatoms. The Kier molecular flexibility index (Phi) is 8.28. The molecule has 3 rings (SSSR count). The largest absolute Gasteiger partial charge is 0.444 e. The van der Waals surface area contributed by atoms with Gasteiger partial charge >= 0.3 is 0 Å². The average molecular weight is 497 g/mol. The summed E-state index contributed by atoms with van der Waals surface area (Å²) in [6, 6.07) is 8.19. The summed E-state index contributed by atoms with van der Waals surface area (Å²) in [5, 5.41) is 6.53. The van der Waals surface area contributed by atoms with E-state index in [0.717, 1.165) is 35.5 Å². The van der Waals surface area contributed by atoms with Crippen LogP contribution in [0.3, 0.4) is 0 Å². The number of carbonyl (C=O) groups excluding carboxylic acids is 1. The third-order valence-electron chi connectivity index (χ3n) is 4.80. The van der Waals surface area contributed by atoms with Crippen LogP contribution in [0.25, 0.3) is 0 Å². The van der Waals surface area contributed by atoms with Gasteiger partial charge in [-0.3, -0.25) is 9.79 Å². The molecule has 0 bridgehead atoms. The van der Waals surface area contributed by atoms with Gasteiger partial charge in [-0.2, -0.15) is 0 Å². The maximum atomic E-state index is 11.9. The second-order valence-electron chi connectivity index (χ2n) is 6.72. The van der Waals surface area contributed by atoms with Gasteiger partial charge in [-0.15, -0.1) is 24.0 Å². The summed E-state index contributed by atoms with van der Waals surface area (Å²) in [5.41, 5.74) is 3.22. The molecule has 152 valence electrons. The first kappa shape index (κ1) is 22.2. The fourth-order valence-electron chi connectivity index (χ4n) is 3.13. The predicted molar refractivity (Wildman–Crippen MR) is 120 cm³/mol. The van der Waals surface area contributed by atoms with Crippen LogP contribution in [0.4, 0.5) is 0 Å². The van der Waals surface area contributed by atoms with Crippen LogP contribution in [0.15, 0.2) is 33.7 Å². The van der Waals surface area contributed by atoms with Gasteiger partial charge in [0.25, 0.3) is 0 Å². The highest BCUT2D eigenvalue weighted by atomic mass is 127. The molecule has 2 heterocycles. The topological polar surface area (TPSA) is 82.8 Å². The highest BCUT2D eigenvalue weighted by Crippen LogP contribution is 2.17. The third kappa shape index (κ3) is 5.70. The standard InChI is InChI=1S/C20H27N5O2.HI/c1-14-15(2)27-18(24-14)12-23-20(21-3)22-11-16-7-4-5-8-17(16)13-25-10-6-9-19(25)26;/h4-5,7-8H,6,9-13H2,1-3H3,(H2,21,22,23);1H. The van der Waals surface area contributed by atoms with Crippen molar-refractivity contribution in [1.29, 1.82) is 0 Å². The fourth-order valence-corrected chi connectivity index (χ4v) is 3.13. The Balaban J connectivity index is 0.00000280. The molecule has 0 saturated carbocycles. The van der Waals surface area contributed by atoms with Crippen molar-refractivity contribution in [3.8, 4) is 0 Å². The van der Waals surface area contributed by atoms with Gasteiger partial charge in [-0.1, -0.05) is 24.3 Å². The summed E-state index contributed by atoms with van der Waals surface area (Å²) in [6.45, 7) is 6.44. The van der Waals surface area contributed by atoms with Crippen LogP contribution in [0, 0.1) is 13.8 Å². The molecular weight excluding hydrogens is 469 g/mol. The SMILES string of the molecule is CN=C(NCc1nc(C)c(C)o1)NCc1ccccc1CN1CCCC1=O.I. The minimum Gasteiger partial charge on any atom is -0.444 e. The molecule has 0 aliphatic carbocycles. The maximum absolute atomic E-state index is 11.9. The second kappa shape index (κ2) is 10.4. The zero-order valence-corrected chi connectivity index (χ0v) is 18.9. The van der Waals surface area contributed by atoms with E-state index < -0.39 is 0 Å². The van der Waals surface area contributed by atoms with Gasteiger partial charge in [0, 0.05) is 33.1 Å². The second-order valence-corrected chi connectivity index (χ2v) is 6.72. The molecule has 2 aromatic rings. The number of carbonyl (C=O) groups is 1. The lowest BCUT2D eigenvalue weighted by Gasteiger charge is -2.19. The van der Waals surface area contributed by atoms with Crippen LogP contribution in [-0.2, 0) is 24.4 Å². The molecule has 1 aromatic heterocycles. The molecule has 0 radical (unpaired) electrons. The molecule has 1 fully saturated rings. The first-order valence-corrected chi connectivity index (χ1v) is 9.29. The summed E-state index contributed by atoms with van der Waals surface area (Å²) in [5.74, 6) is 2.39. The highest BCUT2D eigenvalue weighted by molar-refractivity contribution is 14.0. The van der Waals surface area contributed by atoms with Gasteiger partial charge in [0.05, 0.1) is 12.2 Å². The lowest BCUT2D eigenvalue weighted by atomic mass is 10.1. The minimum absolute atomic E-state index is 0. The molecule has 0 unspecified atom stereocenters. The normalized spacial score (nSPS) is 14.2. The van der Waals surface area contributed by atoms with E-state index in [1.807, 2.05) is 30.9 Å². The Morgan fingerprint density at radius 2 is 1.93 bits per heavy atom. The molecule has 0 atom stereocenters. The Hall–Kier alpha value is -2.10. The smallest absolute Gasteiger partial charge is 0.222 e. The molecule has 1 amide bonds. The van der Waals surface area contributed by atoms with Crippen molar-refractivity contribution >= 4 is 35.8 Å². The first-order valence-electron chi connectivity index (χ1n) is 9.29. The number of hydrogen-bond donors (Lipinski definition) is 2. The van der Waals surface area contributed by atoms with Gasteiger partial charge in [0.2, 0.25) is 11.8 Å². The van der Waals surface area contributed by atoms with Crippen LogP contribution in [0.1, 0.15) is 41.3 Å². The van der Waals surface area contributed by atoms with Gasteiger partial charge in [0.15, 0.2) is 5.96 Å². The Morgan fingerprint density at radius 1 is 1.21 bits per heavy atom. The minimum atomic E-state index is 0. The van der Waals surface area contributed by atoms with E-state index >= 15 is 0 Å². The highest BCUT2D eigenvalue weighted by Gasteiger charge is 2.20. The number of amides is 1.